The fourth-order valence-corrected chi connectivity index (χ4v) is 1.11. The molecule has 0 radical (unpaired) electrons. The predicted octanol–water partition coefficient (Wildman–Crippen LogP) is 1.32. The van der Waals surface area contributed by atoms with Gasteiger partial charge in [0.1, 0.15) is 11.4 Å². The van der Waals surface area contributed by atoms with Gasteiger partial charge in [0, 0.05) is 6.42 Å². The average molecular weight is 176 g/mol. The first kappa shape index (κ1) is 9.63. The first-order chi connectivity index (χ1) is 6.03. The molecule has 13 heavy (non-hydrogen) atoms. The fraction of sp³-hybridized carbons (Fsp3) is 0.273. The summed E-state index contributed by atoms with van der Waals surface area (Å²) in [7, 11) is 0. The van der Waals surface area contributed by atoms with E-state index in [0.29, 0.717) is 6.42 Å². The highest BCUT2D eigenvalue weighted by atomic mass is 16.3. The summed E-state index contributed by atoms with van der Waals surface area (Å²) in [5.74, 6) is 2.47. The molecule has 0 spiro atoms. The van der Waals surface area contributed by atoms with Crippen molar-refractivity contribution in [1.82, 2.24) is 0 Å². The van der Waals surface area contributed by atoms with Crippen molar-refractivity contribution in [3.8, 4) is 18.1 Å². The van der Waals surface area contributed by atoms with Crippen molar-refractivity contribution in [2.24, 2.45) is 0 Å². The van der Waals surface area contributed by atoms with Crippen LogP contribution in [0.1, 0.15) is 12.5 Å². The minimum Gasteiger partial charge on any atom is -0.508 e. The number of rotatable bonds is 2. The molecule has 2 heteroatoms. The van der Waals surface area contributed by atoms with Crippen LogP contribution in [0.15, 0.2) is 24.3 Å². The van der Waals surface area contributed by atoms with Gasteiger partial charge < -0.3 is 10.2 Å². The van der Waals surface area contributed by atoms with E-state index in [1.54, 1.807) is 25.1 Å². The van der Waals surface area contributed by atoms with Crippen LogP contribution in [0.4, 0.5) is 0 Å². The Balaban J connectivity index is 2.82. The standard InChI is InChI=1S/C11H12O2/c1-3-11(2,13)8-9-5-4-6-10(12)7-9/h1,4-7,12-13H,8H2,2H3. The Morgan fingerprint density at radius 2 is 2.23 bits per heavy atom. The molecule has 1 unspecified atom stereocenters. The highest BCUT2D eigenvalue weighted by molar-refractivity contribution is 5.29. The van der Waals surface area contributed by atoms with Crippen LogP contribution < -0.4 is 0 Å². The summed E-state index contributed by atoms with van der Waals surface area (Å²) < 4.78 is 0. The van der Waals surface area contributed by atoms with E-state index in [-0.39, 0.29) is 5.75 Å². The van der Waals surface area contributed by atoms with Crippen LogP contribution in [0.3, 0.4) is 0 Å². The predicted molar refractivity (Wildman–Crippen MR) is 51.3 cm³/mol. The number of hydrogen-bond acceptors (Lipinski definition) is 2. The molecule has 0 aliphatic carbocycles. The molecule has 0 fully saturated rings. The van der Waals surface area contributed by atoms with E-state index in [0.717, 1.165) is 5.56 Å². The van der Waals surface area contributed by atoms with Gasteiger partial charge in [-0.1, -0.05) is 18.1 Å². The zero-order valence-electron chi connectivity index (χ0n) is 7.49. The normalized spacial score (nSPS) is 14.5. The summed E-state index contributed by atoms with van der Waals surface area (Å²) in [5.41, 5.74) is -0.323. The van der Waals surface area contributed by atoms with Crippen molar-refractivity contribution < 1.29 is 10.2 Å². The second kappa shape index (κ2) is 3.51. The van der Waals surface area contributed by atoms with Crippen LogP contribution in [0.5, 0.6) is 5.75 Å². The minimum atomic E-state index is -1.15. The quantitative estimate of drug-likeness (QED) is 0.667. The SMILES string of the molecule is C#CC(C)(O)Cc1cccc(O)c1. The molecule has 1 rings (SSSR count). The summed E-state index contributed by atoms with van der Waals surface area (Å²) in [6.45, 7) is 1.57. The molecule has 0 heterocycles. The van der Waals surface area contributed by atoms with Crippen molar-refractivity contribution in [3.63, 3.8) is 0 Å². The third kappa shape index (κ3) is 2.81. The topological polar surface area (TPSA) is 40.5 Å². The van der Waals surface area contributed by atoms with Crippen molar-refractivity contribution in [2.75, 3.05) is 0 Å². The summed E-state index contributed by atoms with van der Waals surface area (Å²) >= 11 is 0. The molecule has 2 N–H and O–H groups in total. The highest BCUT2D eigenvalue weighted by Crippen LogP contribution is 2.16. The maximum Gasteiger partial charge on any atom is 0.126 e. The van der Waals surface area contributed by atoms with E-state index >= 15 is 0 Å². The van der Waals surface area contributed by atoms with E-state index in [1.165, 1.54) is 0 Å². The Morgan fingerprint density at radius 3 is 2.77 bits per heavy atom. The lowest BCUT2D eigenvalue weighted by Gasteiger charge is -2.15. The molecule has 0 aliphatic rings. The molecule has 0 amide bonds. The molecule has 0 bridgehead atoms. The van der Waals surface area contributed by atoms with Crippen LogP contribution in [0.25, 0.3) is 0 Å². The molecule has 1 aromatic rings. The number of aromatic hydroxyl groups is 1. The second-order valence-electron chi connectivity index (χ2n) is 3.26. The number of terminal acetylenes is 1. The molecule has 2 nitrogen and oxygen atoms in total. The Labute approximate surface area is 77.8 Å². The molecule has 68 valence electrons. The van der Waals surface area contributed by atoms with Gasteiger partial charge in [0.25, 0.3) is 0 Å². The number of phenols is 1. The number of phenolic OH excluding ortho intramolecular Hbond substituents is 1. The van der Waals surface area contributed by atoms with Gasteiger partial charge in [-0.25, -0.2) is 0 Å². The Bertz CT molecular complexity index is 334. The van der Waals surface area contributed by atoms with Crippen LogP contribution >= 0.6 is 0 Å². The summed E-state index contributed by atoms with van der Waals surface area (Å²) in [6.07, 6.45) is 5.47. The Hall–Kier alpha value is -1.46. The molecule has 0 aliphatic heterocycles. The maximum atomic E-state index is 9.55. The zero-order chi connectivity index (χ0) is 9.90. The Morgan fingerprint density at radius 1 is 1.54 bits per heavy atom. The molecule has 0 saturated heterocycles. The van der Waals surface area contributed by atoms with E-state index in [2.05, 4.69) is 5.92 Å². The maximum absolute atomic E-state index is 9.55. The second-order valence-corrected chi connectivity index (χ2v) is 3.26. The largest absolute Gasteiger partial charge is 0.508 e. The lowest BCUT2D eigenvalue weighted by molar-refractivity contribution is 0.123. The molecule has 0 aromatic heterocycles. The third-order valence-electron chi connectivity index (χ3n) is 1.77. The first-order valence-electron chi connectivity index (χ1n) is 4.01. The van der Waals surface area contributed by atoms with E-state index in [1.807, 2.05) is 6.07 Å². The van der Waals surface area contributed by atoms with Gasteiger partial charge in [0.2, 0.25) is 0 Å². The van der Waals surface area contributed by atoms with Crippen molar-refractivity contribution in [3.05, 3.63) is 29.8 Å². The fourth-order valence-electron chi connectivity index (χ4n) is 1.11. The minimum absolute atomic E-state index is 0.185. The van der Waals surface area contributed by atoms with Gasteiger partial charge in [-0.05, 0) is 24.6 Å². The monoisotopic (exact) mass is 176 g/mol. The van der Waals surface area contributed by atoms with Gasteiger partial charge in [-0.15, -0.1) is 6.42 Å². The van der Waals surface area contributed by atoms with E-state index in [4.69, 9.17) is 11.5 Å². The van der Waals surface area contributed by atoms with Gasteiger partial charge in [-0.2, -0.15) is 0 Å². The van der Waals surface area contributed by atoms with Gasteiger partial charge in [0.15, 0.2) is 0 Å². The summed E-state index contributed by atoms with van der Waals surface area (Å²) in [6, 6.07) is 6.70. The molecular formula is C11H12O2. The van der Waals surface area contributed by atoms with Crippen LogP contribution in [0, 0.1) is 12.3 Å². The van der Waals surface area contributed by atoms with E-state index < -0.39 is 5.60 Å². The number of benzene rings is 1. The average Bonchev–Trinajstić information content (AvgIpc) is 2.03. The number of hydrogen-bond donors (Lipinski definition) is 2. The third-order valence-corrected chi connectivity index (χ3v) is 1.77. The molecular weight excluding hydrogens is 164 g/mol. The lowest BCUT2D eigenvalue weighted by Crippen LogP contribution is -2.24. The van der Waals surface area contributed by atoms with Crippen molar-refractivity contribution in [2.45, 2.75) is 18.9 Å². The van der Waals surface area contributed by atoms with Gasteiger partial charge in [-0.3, -0.25) is 0 Å². The van der Waals surface area contributed by atoms with Crippen molar-refractivity contribution >= 4 is 0 Å². The molecule has 1 aromatic carbocycles. The molecule has 1 atom stereocenters. The summed E-state index contributed by atoms with van der Waals surface area (Å²) in [5, 5.41) is 18.7. The molecule has 0 saturated carbocycles. The lowest BCUT2D eigenvalue weighted by atomic mass is 9.97. The number of aliphatic hydroxyl groups is 1. The van der Waals surface area contributed by atoms with Crippen LogP contribution in [0.2, 0.25) is 0 Å². The van der Waals surface area contributed by atoms with E-state index in [9.17, 15) is 5.11 Å². The Kier molecular flexibility index (Phi) is 2.60. The smallest absolute Gasteiger partial charge is 0.126 e. The van der Waals surface area contributed by atoms with Crippen LogP contribution in [-0.4, -0.2) is 15.8 Å². The van der Waals surface area contributed by atoms with Crippen LogP contribution in [-0.2, 0) is 6.42 Å². The first-order valence-corrected chi connectivity index (χ1v) is 4.01. The van der Waals surface area contributed by atoms with Gasteiger partial charge in [0.05, 0.1) is 0 Å². The van der Waals surface area contributed by atoms with Crippen molar-refractivity contribution in [1.29, 1.82) is 0 Å². The summed E-state index contributed by atoms with van der Waals surface area (Å²) in [4.78, 5) is 0. The highest BCUT2D eigenvalue weighted by Gasteiger charge is 2.16. The zero-order valence-corrected chi connectivity index (χ0v) is 7.49. The van der Waals surface area contributed by atoms with Gasteiger partial charge >= 0.3 is 0 Å².